The van der Waals surface area contributed by atoms with Crippen molar-refractivity contribution in [2.75, 3.05) is 26.9 Å². The maximum absolute atomic E-state index is 11.3. The van der Waals surface area contributed by atoms with Gasteiger partial charge in [0.15, 0.2) is 0 Å². The summed E-state index contributed by atoms with van der Waals surface area (Å²) in [5.74, 6) is -0.921. The molecule has 31 heavy (non-hydrogen) atoms. The van der Waals surface area contributed by atoms with Gasteiger partial charge in [0.1, 0.15) is 0 Å². The summed E-state index contributed by atoms with van der Waals surface area (Å²) >= 11 is 0. The minimum Gasteiger partial charge on any atom is -0.478 e. The summed E-state index contributed by atoms with van der Waals surface area (Å²) in [6.45, 7) is 14.9. The third kappa shape index (κ3) is 12.1. The molecule has 0 radical (unpaired) electrons. The summed E-state index contributed by atoms with van der Waals surface area (Å²) in [7, 11) is 1.64. The molecule has 5 heteroatoms. The highest BCUT2D eigenvalue weighted by Crippen LogP contribution is 2.16. The smallest absolute Gasteiger partial charge is 0.335 e. The van der Waals surface area contributed by atoms with Crippen molar-refractivity contribution in [1.82, 2.24) is 4.98 Å². The predicted octanol–water partition coefficient (Wildman–Crippen LogP) is 5.95. The first-order valence-electron chi connectivity index (χ1n) is 10.7. The Morgan fingerprint density at radius 2 is 1.97 bits per heavy atom. The monoisotopic (exact) mass is 429 g/mol. The Kier molecular flexibility index (Phi) is 15.8. The van der Waals surface area contributed by atoms with E-state index >= 15 is 0 Å². The molecule has 0 aliphatic heterocycles. The van der Waals surface area contributed by atoms with Gasteiger partial charge in [0.05, 0.1) is 12.2 Å². The number of methoxy groups -OCH3 is 1. The Balaban J connectivity index is 0.000000639. The van der Waals surface area contributed by atoms with Crippen molar-refractivity contribution in [3.63, 3.8) is 0 Å². The third-order valence-corrected chi connectivity index (χ3v) is 4.41. The Morgan fingerprint density at radius 1 is 1.26 bits per heavy atom. The van der Waals surface area contributed by atoms with Crippen LogP contribution in [0, 0.1) is 6.92 Å². The van der Waals surface area contributed by atoms with Crippen LogP contribution >= 0.6 is 0 Å². The Morgan fingerprint density at radius 3 is 2.52 bits per heavy atom. The summed E-state index contributed by atoms with van der Waals surface area (Å²) in [5.41, 5.74) is 5.32. The molecule has 0 atom stereocenters. The van der Waals surface area contributed by atoms with Crippen molar-refractivity contribution >= 4 is 12.0 Å². The number of carbonyl (C=O) groups is 1. The number of allylic oxidation sites excluding steroid dienone is 3. The highest BCUT2D eigenvalue weighted by molar-refractivity contribution is 5.92. The number of carboxylic acids is 1. The van der Waals surface area contributed by atoms with E-state index in [-0.39, 0.29) is 0 Å². The molecule has 0 bridgehead atoms. The minimum atomic E-state index is -0.921. The van der Waals surface area contributed by atoms with Crippen LogP contribution in [0.5, 0.6) is 0 Å². The van der Waals surface area contributed by atoms with Crippen LogP contribution in [0.4, 0.5) is 0 Å². The molecule has 1 aromatic heterocycles. The Hall–Kier alpha value is -2.50. The van der Waals surface area contributed by atoms with Crippen molar-refractivity contribution in [3.8, 4) is 0 Å². The lowest BCUT2D eigenvalue weighted by atomic mass is 10.0. The van der Waals surface area contributed by atoms with Crippen molar-refractivity contribution in [2.24, 2.45) is 0 Å². The van der Waals surface area contributed by atoms with Crippen LogP contribution in [0.25, 0.3) is 6.08 Å². The van der Waals surface area contributed by atoms with E-state index < -0.39 is 5.97 Å². The molecule has 0 spiro atoms. The summed E-state index contributed by atoms with van der Waals surface area (Å²) < 4.78 is 10.3. The highest BCUT2D eigenvalue weighted by Gasteiger charge is 2.13. The maximum atomic E-state index is 11.3. The van der Waals surface area contributed by atoms with Gasteiger partial charge in [-0.2, -0.15) is 0 Å². The number of aliphatic carboxylic acids is 1. The van der Waals surface area contributed by atoms with Gasteiger partial charge < -0.3 is 14.6 Å². The molecule has 1 rings (SSSR count). The number of aryl methyl sites for hydroxylation is 2. The zero-order chi connectivity index (χ0) is 23.6. The second-order valence-corrected chi connectivity index (χ2v) is 7.11. The van der Waals surface area contributed by atoms with E-state index in [0.29, 0.717) is 31.8 Å². The molecule has 0 amide bonds. The first kappa shape index (κ1) is 28.5. The zero-order valence-electron chi connectivity index (χ0n) is 20.0. The number of pyridine rings is 1. The van der Waals surface area contributed by atoms with Crippen LogP contribution in [-0.2, 0) is 20.7 Å². The summed E-state index contributed by atoms with van der Waals surface area (Å²) in [5, 5.41) is 9.25. The minimum absolute atomic E-state index is 0.324. The van der Waals surface area contributed by atoms with Crippen LogP contribution < -0.4 is 0 Å². The molecule has 5 nitrogen and oxygen atoms in total. The fourth-order valence-corrected chi connectivity index (χ4v) is 2.89. The molecule has 0 unspecified atom stereocenters. The first-order valence-corrected chi connectivity index (χ1v) is 10.7. The lowest BCUT2D eigenvalue weighted by Gasteiger charge is -2.10. The van der Waals surface area contributed by atoms with E-state index in [1.165, 1.54) is 11.3 Å². The topological polar surface area (TPSA) is 68.7 Å². The van der Waals surface area contributed by atoms with Gasteiger partial charge in [-0.15, -0.1) is 6.58 Å². The zero-order valence-corrected chi connectivity index (χ0v) is 20.0. The summed E-state index contributed by atoms with van der Waals surface area (Å²) in [6, 6.07) is 4.18. The van der Waals surface area contributed by atoms with Crippen molar-refractivity contribution in [3.05, 3.63) is 70.6 Å². The number of aromatic nitrogens is 1. The maximum Gasteiger partial charge on any atom is 0.335 e. The van der Waals surface area contributed by atoms with E-state index in [1.54, 1.807) is 27.0 Å². The van der Waals surface area contributed by atoms with E-state index in [9.17, 15) is 9.90 Å². The molecule has 0 aliphatic carbocycles. The lowest BCUT2D eigenvalue weighted by molar-refractivity contribution is -0.132. The fraction of sp³-hybridized carbons (Fsp3) is 0.462. The largest absolute Gasteiger partial charge is 0.478 e. The molecule has 0 fully saturated rings. The molecular weight excluding hydrogens is 390 g/mol. The number of rotatable bonds is 12. The second-order valence-electron chi connectivity index (χ2n) is 7.11. The molecular formula is C26H39NO4. The van der Waals surface area contributed by atoms with Gasteiger partial charge in [0.2, 0.25) is 0 Å². The van der Waals surface area contributed by atoms with Crippen molar-refractivity contribution in [1.29, 1.82) is 0 Å². The SMILES string of the molecule is C/C=C\c1ccc(C)nc1CC.C=CC/C=C(C)\C(C(=O)O)=C(/C)COCCCOC. The number of nitrogens with zero attached hydrogens (tertiary/aromatic N) is 1. The van der Waals surface area contributed by atoms with Gasteiger partial charge in [-0.05, 0) is 69.7 Å². The van der Waals surface area contributed by atoms with E-state index in [4.69, 9.17) is 9.47 Å². The molecule has 1 N–H and O–H groups in total. The van der Waals surface area contributed by atoms with E-state index in [2.05, 4.69) is 36.7 Å². The van der Waals surface area contributed by atoms with Crippen LogP contribution in [0.3, 0.4) is 0 Å². The number of ether oxygens (including phenoxy) is 2. The molecule has 1 heterocycles. The number of hydrogen-bond acceptors (Lipinski definition) is 4. The van der Waals surface area contributed by atoms with Crippen molar-refractivity contribution in [2.45, 2.75) is 53.9 Å². The van der Waals surface area contributed by atoms with Crippen LogP contribution in [0.2, 0.25) is 0 Å². The Labute approximate surface area is 188 Å². The van der Waals surface area contributed by atoms with Gasteiger partial charge in [-0.1, -0.05) is 37.3 Å². The van der Waals surface area contributed by atoms with Gasteiger partial charge in [0, 0.05) is 31.7 Å². The predicted molar refractivity (Wildman–Crippen MR) is 129 cm³/mol. The van der Waals surface area contributed by atoms with Crippen LogP contribution in [0.1, 0.15) is 57.5 Å². The van der Waals surface area contributed by atoms with Gasteiger partial charge in [0.25, 0.3) is 0 Å². The third-order valence-electron chi connectivity index (χ3n) is 4.41. The number of hydrogen-bond donors (Lipinski definition) is 1. The molecule has 0 saturated heterocycles. The second kappa shape index (κ2) is 17.2. The fourth-order valence-electron chi connectivity index (χ4n) is 2.89. The standard InChI is InChI=1S/C15H24O4.C11H15N/c1-5-6-8-12(2)14(15(16)17)13(3)11-19-10-7-9-18-4;1-4-6-10-8-7-9(3)12-11(10)5-2/h5,8H,1,6-7,9-11H2,2-4H3,(H,16,17);4,6-8H,5H2,1-3H3/b12-8-,14-13-;6-4-. The molecule has 0 aromatic carbocycles. The molecule has 1 aromatic rings. The summed E-state index contributed by atoms with van der Waals surface area (Å²) in [4.78, 5) is 15.7. The van der Waals surface area contributed by atoms with Crippen LogP contribution in [0.15, 0.2) is 53.7 Å². The molecule has 172 valence electrons. The quantitative estimate of drug-likeness (QED) is 0.192. The normalized spacial score (nSPS) is 12.3. The first-order chi connectivity index (χ1) is 14.8. The van der Waals surface area contributed by atoms with Gasteiger partial charge in [-0.25, -0.2) is 4.79 Å². The van der Waals surface area contributed by atoms with Gasteiger partial charge >= 0.3 is 5.97 Å². The van der Waals surface area contributed by atoms with Crippen LogP contribution in [-0.4, -0.2) is 43.0 Å². The lowest BCUT2D eigenvalue weighted by Crippen LogP contribution is -2.09. The average Bonchev–Trinajstić information content (AvgIpc) is 2.73. The highest BCUT2D eigenvalue weighted by atomic mass is 16.5. The van der Waals surface area contributed by atoms with E-state index in [0.717, 1.165) is 29.7 Å². The Bertz CT molecular complexity index is 776. The number of carboxylic acid groups (broad SMARTS) is 1. The van der Waals surface area contributed by atoms with E-state index in [1.807, 2.05) is 26.0 Å². The average molecular weight is 430 g/mol. The molecule has 0 aliphatic rings. The van der Waals surface area contributed by atoms with Gasteiger partial charge in [-0.3, -0.25) is 4.98 Å². The summed E-state index contributed by atoms with van der Waals surface area (Å²) in [6.07, 6.45) is 10.2. The van der Waals surface area contributed by atoms with Crippen molar-refractivity contribution < 1.29 is 19.4 Å². The molecule has 0 saturated carbocycles.